The highest BCUT2D eigenvalue weighted by molar-refractivity contribution is 5.26. The van der Waals surface area contributed by atoms with Crippen molar-refractivity contribution in [2.75, 3.05) is 6.54 Å². The number of phenolic OH excluding ortho intramolecular Hbond substituents is 1. The SMILES string of the molecule is CC(O)CNCc1cccc(O)c1. The summed E-state index contributed by atoms with van der Waals surface area (Å²) in [5.41, 5.74) is 1.01. The second-order valence-corrected chi connectivity index (χ2v) is 3.15. The molecule has 3 heteroatoms. The zero-order chi connectivity index (χ0) is 9.68. The van der Waals surface area contributed by atoms with Crippen molar-refractivity contribution >= 4 is 0 Å². The summed E-state index contributed by atoms with van der Waals surface area (Å²) in [5, 5.41) is 21.2. The number of phenols is 1. The summed E-state index contributed by atoms with van der Waals surface area (Å²) >= 11 is 0. The molecule has 3 N–H and O–H groups in total. The van der Waals surface area contributed by atoms with Crippen molar-refractivity contribution in [3.8, 4) is 5.75 Å². The first-order valence-electron chi connectivity index (χ1n) is 4.35. The van der Waals surface area contributed by atoms with Gasteiger partial charge in [0.05, 0.1) is 6.10 Å². The number of aliphatic hydroxyl groups excluding tert-OH is 1. The summed E-state index contributed by atoms with van der Waals surface area (Å²) in [6.07, 6.45) is -0.336. The maximum absolute atomic E-state index is 9.14. The molecule has 0 fully saturated rings. The number of aliphatic hydroxyl groups is 1. The van der Waals surface area contributed by atoms with Gasteiger partial charge in [-0.25, -0.2) is 0 Å². The standard InChI is InChI=1S/C10H15NO2/c1-8(12)6-11-7-9-3-2-4-10(13)5-9/h2-5,8,11-13H,6-7H2,1H3. The number of hydrogen-bond donors (Lipinski definition) is 3. The maximum atomic E-state index is 9.14. The summed E-state index contributed by atoms with van der Waals surface area (Å²) in [6.45, 7) is 2.96. The first-order chi connectivity index (χ1) is 6.18. The van der Waals surface area contributed by atoms with Gasteiger partial charge in [-0.1, -0.05) is 12.1 Å². The number of benzene rings is 1. The molecule has 3 nitrogen and oxygen atoms in total. The number of hydrogen-bond acceptors (Lipinski definition) is 3. The third kappa shape index (κ3) is 3.92. The minimum absolute atomic E-state index is 0.274. The van der Waals surface area contributed by atoms with Gasteiger partial charge in [0.25, 0.3) is 0 Å². The fourth-order valence-corrected chi connectivity index (χ4v) is 1.09. The van der Waals surface area contributed by atoms with Crippen LogP contribution in [-0.4, -0.2) is 22.9 Å². The molecule has 0 amide bonds. The lowest BCUT2D eigenvalue weighted by molar-refractivity contribution is 0.191. The van der Waals surface area contributed by atoms with Crippen molar-refractivity contribution in [2.45, 2.75) is 19.6 Å². The second kappa shape index (κ2) is 4.84. The zero-order valence-corrected chi connectivity index (χ0v) is 7.70. The molecule has 0 aliphatic heterocycles. The fraction of sp³-hybridized carbons (Fsp3) is 0.400. The van der Waals surface area contributed by atoms with Gasteiger partial charge in [-0.15, -0.1) is 0 Å². The molecule has 0 saturated heterocycles. The smallest absolute Gasteiger partial charge is 0.115 e. The van der Waals surface area contributed by atoms with Gasteiger partial charge in [0, 0.05) is 13.1 Å². The zero-order valence-electron chi connectivity index (χ0n) is 7.70. The molecule has 0 aliphatic rings. The van der Waals surface area contributed by atoms with Gasteiger partial charge in [0.15, 0.2) is 0 Å². The lowest BCUT2D eigenvalue weighted by atomic mass is 10.2. The molecule has 0 radical (unpaired) electrons. The number of aromatic hydroxyl groups is 1. The van der Waals surface area contributed by atoms with Crippen LogP contribution >= 0.6 is 0 Å². The van der Waals surface area contributed by atoms with Crippen LogP contribution in [0.5, 0.6) is 5.75 Å². The van der Waals surface area contributed by atoms with E-state index >= 15 is 0 Å². The normalized spacial score (nSPS) is 12.8. The van der Waals surface area contributed by atoms with Crippen LogP contribution in [0.25, 0.3) is 0 Å². The molecular formula is C10H15NO2. The third-order valence-corrected chi connectivity index (χ3v) is 1.68. The summed E-state index contributed by atoms with van der Waals surface area (Å²) in [4.78, 5) is 0. The molecule has 0 aromatic heterocycles. The van der Waals surface area contributed by atoms with E-state index < -0.39 is 0 Å². The van der Waals surface area contributed by atoms with Crippen LogP contribution in [0.15, 0.2) is 24.3 Å². The van der Waals surface area contributed by atoms with Crippen LogP contribution in [0.4, 0.5) is 0 Å². The summed E-state index contributed by atoms with van der Waals surface area (Å²) in [6, 6.07) is 7.07. The predicted molar refractivity (Wildman–Crippen MR) is 51.5 cm³/mol. The molecule has 0 saturated carbocycles. The van der Waals surface area contributed by atoms with Gasteiger partial charge in [-0.05, 0) is 24.6 Å². The Hall–Kier alpha value is -1.06. The van der Waals surface area contributed by atoms with Crippen LogP contribution in [-0.2, 0) is 6.54 Å². The lowest BCUT2D eigenvalue weighted by Crippen LogP contribution is -2.23. The van der Waals surface area contributed by atoms with Gasteiger partial charge in [0.1, 0.15) is 5.75 Å². The Balaban J connectivity index is 2.37. The molecule has 1 aromatic rings. The third-order valence-electron chi connectivity index (χ3n) is 1.68. The van der Waals surface area contributed by atoms with E-state index in [1.165, 1.54) is 0 Å². The van der Waals surface area contributed by atoms with E-state index in [1.807, 2.05) is 6.07 Å². The Morgan fingerprint density at radius 3 is 2.85 bits per heavy atom. The second-order valence-electron chi connectivity index (χ2n) is 3.15. The molecule has 1 atom stereocenters. The first-order valence-corrected chi connectivity index (χ1v) is 4.35. The van der Waals surface area contributed by atoms with Crippen LogP contribution in [0.3, 0.4) is 0 Å². The first kappa shape index (κ1) is 10.0. The quantitative estimate of drug-likeness (QED) is 0.646. The van der Waals surface area contributed by atoms with Crippen molar-refractivity contribution in [1.29, 1.82) is 0 Å². The molecule has 72 valence electrons. The van der Waals surface area contributed by atoms with Crippen molar-refractivity contribution in [3.05, 3.63) is 29.8 Å². The monoisotopic (exact) mass is 181 g/mol. The van der Waals surface area contributed by atoms with Crippen LogP contribution in [0, 0.1) is 0 Å². The van der Waals surface area contributed by atoms with E-state index in [-0.39, 0.29) is 11.9 Å². The van der Waals surface area contributed by atoms with Gasteiger partial charge in [0.2, 0.25) is 0 Å². The number of nitrogens with one attached hydrogen (secondary N) is 1. The van der Waals surface area contributed by atoms with Crippen molar-refractivity contribution < 1.29 is 10.2 Å². The Bertz CT molecular complexity index is 261. The minimum atomic E-state index is -0.336. The molecule has 0 spiro atoms. The van der Waals surface area contributed by atoms with Gasteiger partial charge >= 0.3 is 0 Å². The van der Waals surface area contributed by atoms with Crippen LogP contribution < -0.4 is 5.32 Å². The average molecular weight is 181 g/mol. The van der Waals surface area contributed by atoms with Gasteiger partial charge in [-0.3, -0.25) is 0 Å². The maximum Gasteiger partial charge on any atom is 0.115 e. The fourth-order valence-electron chi connectivity index (χ4n) is 1.09. The predicted octanol–water partition coefficient (Wildman–Crippen LogP) is 0.863. The molecule has 0 aliphatic carbocycles. The Morgan fingerprint density at radius 1 is 1.46 bits per heavy atom. The highest BCUT2D eigenvalue weighted by Gasteiger charge is 1.96. The van der Waals surface area contributed by atoms with Crippen LogP contribution in [0.1, 0.15) is 12.5 Å². The molecule has 1 aromatic carbocycles. The van der Waals surface area contributed by atoms with E-state index in [2.05, 4.69) is 5.32 Å². The highest BCUT2D eigenvalue weighted by Crippen LogP contribution is 2.10. The molecule has 0 heterocycles. The lowest BCUT2D eigenvalue weighted by Gasteiger charge is -2.06. The van der Waals surface area contributed by atoms with Crippen LogP contribution in [0.2, 0.25) is 0 Å². The van der Waals surface area contributed by atoms with E-state index in [0.29, 0.717) is 13.1 Å². The molecule has 0 bridgehead atoms. The van der Waals surface area contributed by atoms with E-state index in [9.17, 15) is 0 Å². The summed E-state index contributed by atoms with van der Waals surface area (Å²) in [5.74, 6) is 0.274. The molecular weight excluding hydrogens is 166 g/mol. The van der Waals surface area contributed by atoms with Gasteiger partial charge in [-0.2, -0.15) is 0 Å². The van der Waals surface area contributed by atoms with E-state index in [4.69, 9.17) is 10.2 Å². The summed E-state index contributed by atoms with van der Waals surface area (Å²) < 4.78 is 0. The highest BCUT2D eigenvalue weighted by atomic mass is 16.3. The van der Waals surface area contributed by atoms with Crippen molar-refractivity contribution in [1.82, 2.24) is 5.32 Å². The van der Waals surface area contributed by atoms with Crippen molar-refractivity contribution in [2.24, 2.45) is 0 Å². The molecule has 1 unspecified atom stereocenters. The number of rotatable bonds is 4. The topological polar surface area (TPSA) is 52.5 Å². The molecule has 13 heavy (non-hydrogen) atoms. The largest absolute Gasteiger partial charge is 0.508 e. The molecule has 1 rings (SSSR count). The Kier molecular flexibility index (Phi) is 3.73. The average Bonchev–Trinajstić information content (AvgIpc) is 2.03. The Labute approximate surface area is 78.0 Å². The van der Waals surface area contributed by atoms with Gasteiger partial charge < -0.3 is 15.5 Å². The summed E-state index contributed by atoms with van der Waals surface area (Å²) in [7, 11) is 0. The minimum Gasteiger partial charge on any atom is -0.508 e. The van der Waals surface area contributed by atoms with E-state index in [1.54, 1.807) is 25.1 Å². The van der Waals surface area contributed by atoms with Crippen molar-refractivity contribution in [3.63, 3.8) is 0 Å². The Morgan fingerprint density at radius 2 is 2.23 bits per heavy atom. The van der Waals surface area contributed by atoms with E-state index in [0.717, 1.165) is 5.56 Å².